The molecule has 0 unspecified atom stereocenters. The number of likely N-dealkylation sites (tertiary alicyclic amines) is 1. The monoisotopic (exact) mass is 356 g/mol. The van der Waals surface area contributed by atoms with Gasteiger partial charge in [0.1, 0.15) is 18.5 Å². The summed E-state index contributed by atoms with van der Waals surface area (Å²) in [6.07, 6.45) is 1.55. The molecule has 26 heavy (non-hydrogen) atoms. The Morgan fingerprint density at radius 3 is 2.85 bits per heavy atom. The van der Waals surface area contributed by atoms with Gasteiger partial charge in [0, 0.05) is 13.0 Å². The topological polar surface area (TPSA) is 81.0 Å². The number of para-hydroxylation sites is 2. The fraction of sp³-hybridized carbons (Fsp3) is 0.368. The summed E-state index contributed by atoms with van der Waals surface area (Å²) in [5, 5.41) is 2.88. The molecule has 1 aromatic heterocycles. The SMILES string of the molecule is O=C(NC[C@H]1COc2ccccc2O1)[C@@H]1CC(=O)N(Cc2ccco2)C1. The van der Waals surface area contributed by atoms with Gasteiger partial charge >= 0.3 is 0 Å². The van der Waals surface area contributed by atoms with Crippen LogP contribution in [0.3, 0.4) is 0 Å². The van der Waals surface area contributed by atoms with Crippen molar-refractivity contribution in [1.29, 1.82) is 0 Å². The Labute approximate surface area is 150 Å². The van der Waals surface area contributed by atoms with Crippen LogP contribution >= 0.6 is 0 Å². The lowest BCUT2D eigenvalue weighted by atomic mass is 10.1. The smallest absolute Gasteiger partial charge is 0.225 e. The molecule has 2 atom stereocenters. The van der Waals surface area contributed by atoms with E-state index in [9.17, 15) is 9.59 Å². The highest BCUT2D eigenvalue weighted by atomic mass is 16.6. The first kappa shape index (κ1) is 16.5. The molecule has 0 radical (unpaired) electrons. The first-order valence-electron chi connectivity index (χ1n) is 8.65. The number of nitrogens with one attached hydrogen (secondary N) is 1. The fourth-order valence-electron chi connectivity index (χ4n) is 3.21. The molecule has 4 rings (SSSR count). The van der Waals surface area contributed by atoms with Crippen LogP contribution in [0.25, 0.3) is 0 Å². The van der Waals surface area contributed by atoms with Crippen molar-refractivity contribution < 1.29 is 23.5 Å². The number of hydrogen-bond donors (Lipinski definition) is 1. The molecule has 2 aromatic rings. The lowest BCUT2D eigenvalue weighted by molar-refractivity contribution is -0.129. The van der Waals surface area contributed by atoms with Gasteiger partial charge in [0.2, 0.25) is 11.8 Å². The maximum atomic E-state index is 12.4. The zero-order valence-electron chi connectivity index (χ0n) is 14.2. The molecule has 0 aliphatic carbocycles. The van der Waals surface area contributed by atoms with Crippen LogP contribution in [0, 0.1) is 5.92 Å². The Balaban J connectivity index is 1.27. The summed E-state index contributed by atoms with van der Waals surface area (Å²) in [5.41, 5.74) is 0. The highest BCUT2D eigenvalue weighted by molar-refractivity contribution is 5.89. The number of hydrogen-bond acceptors (Lipinski definition) is 5. The highest BCUT2D eigenvalue weighted by Gasteiger charge is 2.35. The molecule has 0 bridgehead atoms. The fourth-order valence-corrected chi connectivity index (χ4v) is 3.21. The van der Waals surface area contributed by atoms with E-state index in [2.05, 4.69) is 5.32 Å². The van der Waals surface area contributed by atoms with Gasteiger partial charge in [0.05, 0.1) is 25.3 Å². The Hall–Kier alpha value is -2.96. The van der Waals surface area contributed by atoms with Crippen LogP contribution in [0.15, 0.2) is 47.1 Å². The number of benzene rings is 1. The van der Waals surface area contributed by atoms with Crippen molar-refractivity contribution in [3.63, 3.8) is 0 Å². The third kappa shape index (κ3) is 3.51. The molecule has 1 N–H and O–H groups in total. The van der Waals surface area contributed by atoms with Crippen LogP contribution in [0.4, 0.5) is 0 Å². The zero-order chi connectivity index (χ0) is 17.9. The van der Waals surface area contributed by atoms with Gasteiger partial charge in [-0.25, -0.2) is 0 Å². The molecule has 2 aliphatic heterocycles. The van der Waals surface area contributed by atoms with Gasteiger partial charge < -0.3 is 24.1 Å². The second-order valence-electron chi connectivity index (χ2n) is 6.50. The molecule has 0 spiro atoms. The third-order valence-electron chi connectivity index (χ3n) is 4.58. The number of rotatable bonds is 5. The van der Waals surface area contributed by atoms with Crippen molar-refractivity contribution >= 4 is 11.8 Å². The summed E-state index contributed by atoms with van der Waals surface area (Å²) in [6.45, 7) is 1.52. The van der Waals surface area contributed by atoms with E-state index < -0.39 is 0 Å². The molecule has 1 aromatic carbocycles. The number of ether oxygens (including phenoxy) is 2. The van der Waals surface area contributed by atoms with Crippen molar-refractivity contribution in [2.75, 3.05) is 19.7 Å². The highest BCUT2D eigenvalue weighted by Crippen LogP contribution is 2.30. The van der Waals surface area contributed by atoms with Crippen LogP contribution in [0.5, 0.6) is 11.5 Å². The Morgan fingerprint density at radius 2 is 2.04 bits per heavy atom. The maximum Gasteiger partial charge on any atom is 0.225 e. The number of nitrogens with zero attached hydrogens (tertiary/aromatic N) is 1. The van der Waals surface area contributed by atoms with E-state index in [-0.39, 0.29) is 30.3 Å². The number of fused-ring (bicyclic) bond motifs is 1. The summed E-state index contributed by atoms with van der Waals surface area (Å²) in [7, 11) is 0. The predicted octanol–water partition coefficient (Wildman–Crippen LogP) is 1.58. The molecular formula is C19H20N2O5. The summed E-state index contributed by atoms with van der Waals surface area (Å²) in [6, 6.07) is 11.0. The Kier molecular flexibility index (Phi) is 4.51. The van der Waals surface area contributed by atoms with Gasteiger partial charge in [-0.15, -0.1) is 0 Å². The van der Waals surface area contributed by atoms with Crippen molar-refractivity contribution in [2.45, 2.75) is 19.1 Å². The normalized spacial score (nSPS) is 21.7. The van der Waals surface area contributed by atoms with Gasteiger partial charge in [-0.3, -0.25) is 9.59 Å². The molecule has 1 saturated heterocycles. The molecule has 2 aliphatic rings. The maximum absolute atomic E-state index is 12.4. The van der Waals surface area contributed by atoms with Crippen molar-refractivity contribution in [3.8, 4) is 11.5 Å². The van der Waals surface area contributed by atoms with Crippen LogP contribution in [0.1, 0.15) is 12.2 Å². The minimum Gasteiger partial charge on any atom is -0.486 e. The summed E-state index contributed by atoms with van der Waals surface area (Å²) in [5.74, 6) is 1.58. The number of amides is 2. The Morgan fingerprint density at radius 1 is 1.19 bits per heavy atom. The van der Waals surface area contributed by atoms with Crippen molar-refractivity contribution in [3.05, 3.63) is 48.4 Å². The van der Waals surface area contributed by atoms with Crippen LogP contribution in [-0.4, -0.2) is 42.5 Å². The van der Waals surface area contributed by atoms with E-state index in [0.29, 0.717) is 43.5 Å². The standard InChI is InChI=1S/C19H20N2O5/c22-18-8-13(10-21(18)11-14-4-3-7-24-14)19(23)20-9-15-12-25-16-5-1-2-6-17(16)26-15/h1-7,13,15H,8-12H2,(H,20,23)/t13-,15+/m1/s1. The van der Waals surface area contributed by atoms with Gasteiger partial charge in [-0.2, -0.15) is 0 Å². The average molecular weight is 356 g/mol. The van der Waals surface area contributed by atoms with Gasteiger partial charge in [0.15, 0.2) is 11.5 Å². The van der Waals surface area contributed by atoms with E-state index in [1.54, 1.807) is 17.2 Å². The van der Waals surface area contributed by atoms with Crippen molar-refractivity contribution in [2.24, 2.45) is 5.92 Å². The summed E-state index contributed by atoms with van der Waals surface area (Å²) < 4.78 is 16.7. The molecule has 136 valence electrons. The average Bonchev–Trinajstić information content (AvgIpc) is 3.30. The Bertz CT molecular complexity index is 789. The zero-order valence-corrected chi connectivity index (χ0v) is 14.2. The first-order valence-corrected chi connectivity index (χ1v) is 8.65. The van der Waals surface area contributed by atoms with Gasteiger partial charge in [-0.1, -0.05) is 12.1 Å². The van der Waals surface area contributed by atoms with Crippen molar-refractivity contribution in [1.82, 2.24) is 10.2 Å². The van der Waals surface area contributed by atoms with Crippen LogP contribution in [-0.2, 0) is 16.1 Å². The summed E-state index contributed by atoms with van der Waals surface area (Å²) in [4.78, 5) is 26.2. The largest absolute Gasteiger partial charge is 0.486 e. The molecule has 3 heterocycles. The molecule has 7 nitrogen and oxygen atoms in total. The molecule has 0 saturated carbocycles. The first-order chi connectivity index (χ1) is 12.7. The minimum absolute atomic E-state index is 0.0345. The molecule has 1 fully saturated rings. The van der Waals surface area contributed by atoms with E-state index in [0.717, 1.165) is 0 Å². The van der Waals surface area contributed by atoms with E-state index in [1.807, 2.05) is 30.3 Å². The van der Waals surface area contributed by atoms with Gasteiger partial charge in [0.25, 0.3) is 0 Å². The molecule has 7 heteroatoms. The quantitative estimate of drug-likeness (QED) is 0.880. The predicted molar refractivity (Wildman–Crippen MR) is 91.6 cm³/mol. The van der Waals surface area contributed by atoms with E-state index in [4.69, 9.17) is 13.9 Å². The number of carbonyl (C=O) groups is 2. The second-order valence-corrected chi connectivity index (χ2v) is 6.50. The summed E-state index contributed by atoms with van der Waals surface area (Å²) >= 11 is 0. The van der Waals surface area contributed by atoms with E-state index >= 15 is 0 Å². The third-order valence-corrected chi connectivity index (χ3v) is 4.58. The van der Waals surface area contributed by atoms with Crippen LogP contribution in [0.2, 0.25) is 0 Å². The number of furan rings is 1. The molecule has 2 amide bonds. The van der Waals surface area contributed by atoms with Crippen LogP contribution < -0.4 is 14.8 Å². The number of carbonyl (C=O) groups excluding carboxylic acids is 2. The lowest BCUT2D eigenvalue weighted by Crippen LogP contribution is -2.43. The minimum atomic E-state index is -0.353. The second kappa shape index (κ2) is 7.11. The van der Waals surface area contributed by atoms with Gasteiger partial charge in [-0.05, 0) is 24.3 Å². The molecular weight excluding hydrogens is 336 g/mol. The lowest BCUT2D eigenvalue weighted by Gasteiger charge is -2.26. The van der Waals surface area contributed by atoms with E-state index in [1.165, 1.54) is 0 Å².